The predicted octanol–water partition coefficient (Wildman–Crippen LogP) is 6.23. The number of rotatable bonds is 13. The van der Waals surface area contributed by atoms with Crippen LogP contribution in [-0.4, -0.2) is 45.8 Å². The van der Waals surface area contributed by atoms with Crippen molar-refractivity contribution in [1.82, 2.24) is 15.2 Å². The Morgan fingerprint density at radius 2 is 1.70 bits per heavy atom. The molecule has 1 amide bonds. The third kappa shape index (κ3) is 8.18. The summed E-state index contributed by atoms with van der Waals surface area (Å²) in [5.41, 5.74) is 1.12. The number of anilines is 4. The molecule has 0 saturated carbocycles. The number of carbonyl (C=O) groups is 2. The van der Waals surface area contributed by atoms with Crippen LogP contribution in [0, 0.1) is 5.92 Å². The van der Waals surface area contributed by atoms with Crippen LogP contribution in [0.2, 0.25) is 5.02 Å². The average molecular weight is 565 g/mol. The Labute approximate surface area is 236 Å². The molecular formula is C28H29ClN6O5. The van der Waals surface area contributed by atoms with Gasteiger partial charge in [-0.25, -0.2) is 4.98 Å². The van der Waals surface area contributed by atoms with E-state index in [0.717, 1.165) is 12.8 Å². The van der Waals surface area contributed by atoms with Crippen LogP contribution in [0.4, 0.5) is 23.2 Å². The summed E-state index contributed by atoms with van der Waals surface area (Å²) in [6.45, 7) is 2.66. The molecule has 40 heavy (non-hydrogen) atoms. The van der Waals surface area contributed by atoms with Crippen molar-refractivity contribution < 1.29 is 23.8 Å². The minimum absolute atomic E-state index is 0.0555. The van der Waals surface area contributed by atoms with Gasteiger partial charge < -0.3 is 29.8 Å². The van der Waals surface area contributed by atoms with E-state index in [2.05, 4.69) is 25.8 Å². The largest absolute Gasteiger partial charge is 0.481 e. The first-order valence-electron chi connectivity index (χ1n) is 12.6. The summed E-state index contributed by atoms with van der Waals surface area (Å²) in [5.74, 6) is 0.537. The Balaban J connectivity index is 1.27. The second-order valence-electron chi connectivity index (χ2n) is 9.06. The lowest BCUT2D eigenvalue weighted by molar-refractivity contribution is -0.138. The zero-order valence-corrected chi connectivity index (χ0v) is 22.8. The van der Waals surface area contributed by atoms with Crippen LogP contribution in [0.25, 0.3) is 0 Å². The van der Waals surface area contributed by atoms with Crippen molar-refractivity contribution in [3.8, 4) is 11.5 Å². The van der Waals surface area contributed by atoms with Crippen LogP contribution in [0.5, 0.6) is 11.5 Å². The molecule has 4 aromatic rings. The summed E-state index contributed by atoms with van der Waals surface area (Å²) in [6, 6.07) is 17.7. The highest BCUT2D eigenvalue weighted by Gasteiger charge is 2.16. The molecule has 0 aliphatic heterocycles. The van der Waals surface area contributed by atoms with Crippen LogP contribution in [0.15, 0.2) is 71.3 Å². The predicted molar refractivity (Wildman–Crippen MR) is 152 cm³/mol. The number of carboxylic acids is 1. The number of hydrogen-bond acceptors (Lipinski definition) is 9. The highest BCUT2D eigenvalue weighted by Crippen LogP contribution is 2.25. The zero-order valence-electron chi connectivity index (χ0n) is 22.0. The molecule has 2 aromatic carbocycles. The fourth-order valence-corrected chi connectivity index (χ4v) is 3.92. The molecule has 3 N–H and O–H groups in total. The molecule has 0 bridgehead atoms. The molecule has 0 fully saturated rings. The molecule has 4 rings (SSSR count). The van der Waals surface area contributed by atoms with Gasteiger partial charge >= 0.3 is 23.8 Å². The van der Waals surface area contributed by atoms with E-state index in [1.165, 1.54) is 6.20 Å². The summed E-state index contributed by atoms with van der Waals surface area (Å²) in [6.07, 6.45) is 3.23. The van der Waals surface area contributed by atoms with Crippen molar-refractivity contribution in [3.05, 3.63) is 77.8 Å². The molecule has 11 nitrogen and oxygen atoms in total. The number of carboxylic acid groups (broad SMARTS) is 1. The molecule has 0 radical (unpaired) electrons. The Morgan fingerprint density at radius 1 is 1.02 bits per heavy atom. The van der Waals surface area contributed by atoms with E-state index in [-0.39, 0.29) is 24.2 Å². The number of benzene rings is 2. The number of hydrogen-bond donors (Lipinski definition) is 3. The molecule has 0 saturated heterocycles. The standard InChI is InChI=1S/C28H29ClN6O5/c1-3-18(16-25(36)37)14-15-35(2)24-13-8-21(17-30-24)31-26(38)27-33-34-28(40-27)32-20-6-11-23(12-7-20)39-22-9-4-19(29)5-10-22/h4-13,17-18H,3,14-16H2,1-2H3,(H,31,38)(H,32,34)(H,36,37). The van der Waals surface area contributed by atoms with Gasteiger partial charge in [0.05, 0.1) is 11.9 Å². The SMILES string of the molecule is CCC(CCN(C)c1ccc(NC(=O)c2nnc(Nc3ccc(Oc4ccc(Cl)cc4)cc3)o2)cn1)CC(=O)O. The van der Waals surface area contributed by atoms with Crippen molar-refractivity contribution in [2.75, 3.05) is 29.1 Å². The topological polar surface area (TPSA) is 143 Å². The third-order valence-electron chi connectivity index (χ3n) is 6.08. The second kappa shape index (κ2) is 13.4. The molecule has 208 valence electrons. The Hall–Kier alpha value is -4.64. The van der Waals surface area contributed by atoms with Gasteiger partial charge in [0.25, 0.3) is 0 Å². The van der Waals surface area contributed by atoms with Crippen molar-refractivity contribution in [1.29, 1.82) is 0 Å². The zero-order chi connectivity index (χ0) is 28.5. The lowest BCUT2D eigenvalue weighted by Gasteiger charge is -2.21. The van der Waals surface area contributed by atoms with Crippen LogP contribution >= 0.6 is 11.6 Å². The second-order valence-corrected chi connectivity index (χ2v) is 9.50. The third-order valence-corrected chi connectivity index (χ3v) is 6.34. The minimum atomic E-state index is -0.785. The quantitative estimate of drug-likeness (QED) is 0.171. The highest BCUT2D eigenvalue weighted by atomic mass is 35.5. The minimum Gasteiger partial charge on any atom is -0.481 e. The molecule has 1 atom stereocenters. The maximum atomic E-state index is 12.6. The summed E-state index contributed by atoms with van der Waals surface area (Å²) >= 11 is 5.90. The van der Waals surface area contributed by atoms with Crippen molar-refractivity contribution >= 4 is 46.7 Å². The van der Waals surface area contributed by atoms with Gasteiger partial charge in [-0.05, 0) is 73.0 Å². The fraction of sp³-hybridized carbons (Fsp3) is 0.250. The lowest BCUT2D eigenvalue weighted by atomic mass is 9.98. The smallest absolute Gasteiger partial charge is 0.320 e. The molecule has 0 spiro atoms. The number of pyridine rings is 1. The van der Waals surface area contributed by atoms with Gasteiger partial charge in [-0.2, -0.15) is 0 Å². The van der Waals surface area contributed by atoms with Crippen LogP contribution in [0.3, 0.4) is 0 Å². The van der Waals surface area contributed by atoms with Crippen LogP contribution in [-0.2, 0) is 4.79 Å². The number of amides is 1. The number of nitrogens with zero attached hydrogens (tertiary/aromatic N) is 4. The van der Waals surface area contributed by atoms with Crippen LogP contribution < -0.4 is 20.3 Å². The molecule has 12 heteroatoms. The monoisotopic (exact) mass is 564 g/mol. The maximum Gasteiger partial charge on any atom is 0.320 e. The summed E-state index contributed by atoms with van der Waals surface area (Å²) in [4.78, 5) is 29.9. The Morgan fingerprint density at radius 3 is 2.33 bits per heavy atom. The number of aliphatic carboxylic acids is 1. The number of carbonyl (C=O) groups excluding carboxylic acids is 1. The molecule has 0 aliphatic rings. The van der Waals surface area contributed by atoms with Gasteiger partial charge in [0.2, 0.25) is 0 Å². The first-order chi connectivity index (χ1) is 19.3. The maximum absolute atomic E-state index is 12.6. The number of ether oxygens (including phenoxy) is 1. The summed E-state index contributed by atoms with van der Waals surface area (Å²) in [7, 11) is 1.89. The van der Waals surface area contributed by atoms with Gasteiger partial charge in [-0.15, -0.1) is 5.10 Å². The first-order valence-corrected chi connectivity index (χ1v) is 13.0. The van der Waals surface area contributed by atoms with E-state index in [1.807, 2.05) is 18.9 Å². The fourth-order valence-electron chi connectivity index (χ4n) is 3.79. The van der Waals surface area contributed by atoms with E-state index >= 15 is 0 Å². The summed E-state index contributed by atoms with van der Waals surface area (Å²) < 4.78 is 11.2. The van der Waals surface area contributed by atoms with Gasteiger partial charge in [-0.1, -0.05) is 30.0 Å². The van der Waals surface area contributed by atoms with Gasteiger partial charge in [0, 0.05) is 30.7 Å². The van der Waals surface area contributed by atoms with Gasteiger partial charge in [0.15, 0.2) is 0 Å². The van der Waals surface area contributed by atoms with E-state index < -0.39 is 11.9 Å². The van der Waals surface area contributed by atoms with Crippen molar-refractivity contribution in [2.24, 2.45) is 5.92 Å². The van der Waals surface area contributed by atoms with Crippen molar-refractivity contribution in [3.63, 3.8) is 0 Å². The highest BCUT2D eigenvalue weighted by molar-refractivity contribution is 6.30. The van der Waals surface area contributed by atoms with Crippen molar-refractivity contribution in [2.45, 2.75) is 26.2 Å². The van der Waals surface area contributed by atoms with E-state index in [9.17, 15) is 9.59 Å². The summed E-state index contributed by atoms with van der Waals surface area (Å²) in [5, 5.41) is 23.0. The average Bonchev–Trinajstić information content (AvgIpc) is 3.42. The van der Waals surface area contributed by atoms with E-state index in [4.69, 9.17) is 25.9 Å². The Bertz CT molecular complexity index is 1410. The van der Waals surface area contributed by atoms with E-state index in [1.54, 1.807) is 60.7 Å². The van der Waals surface area contributed by atoms with Gasteiger partial charge in [-0.3, -0.25) is 9.59 Å². The number of nitrogens with one attached hydrogen (secondary N) is 2. The lowest BCUT2D eigenvalue weighted by Crippen LogP contribution is -2.23. The van der Waals surface area contributed by atoms with Crippen LogP contribution in [0.1, 0.15) is 36.9 Å². The first kappa shape index (κ1) is 28.4. The van der Waals surface area contributed by atoms with E-state index in [0.29, 0.717) is 40.3 Å². The Kier molecular flexibility index (Phi) is 9.53. The molecule has 2 heterocycles. The van der Waals surface area contributed by atoms with Gasteiger partial charge in [0.1, 0.15) is 17.3 Å². The molecule has 1 unspecified atom stereocenters. The number of aromatic nitrogens is 3. The molecular weight excluding hydrogens is 536 g/mol. The normalized spacial score (nSPS) is 11.5. The molecule has 2 aromatic heterocycles. The number of halogens is 1. The molecule has 0 aliphatic carbocycles.